The van der Waals surface area contributed by atoms with Crippen LogP contribution in [-0.4, -0.2) is 14.6 Å². The fraction of sp³-hybridized carbons (Fsp3) is 0. The van der Waals surface area contributed by atoms with E-state index < -0.39 is 0 Å². The van der Waals surface area contributed by atoms with E-state index in [4.69, 9.17) is 11.6 Å². The quantitative estimate of drug-likeness (QED) is 0.682. The van der Waals surface area contributed by atoms with Crippen molar-refractivity contribution < 1.29 is 0 Å². The average molecular weight is 315 g/mol. The molecule has 16 heavy (non-hydrogen) atoms. The van der Waals surface area contributed by atoms with E-state index in [-0.39, 0.29) is 0 Å². The van der Waals surface area contributed by atoms with Gasteiger partial charge >= 0.3 is 0 Å². The predicted octanol–water partition coefficient (Wildman–Crippen LogP) is 3.87. The average Bonchev–Trinajstić information content (AvgIpc) is 2.84. The van der Waals surface area contributed by atoms with Crippen LogP contribution in [0.4, 0.5) is 0 Å². The van der Waals surface area contributed by atoms with Crippen LogP contribution in [0.5, 0.6) is 0 Å². The first-order valence-corrected chi connectivity index (χ1v) is 6.49. The number of pyridine rings is 1. The number of hydrogen-bond donors (Lipinski definition) is 0. The molecule has 3 nitrogen and oxygen atoms in total. The van der Waals surface area contributed by atoms with E-state index in [0.29, 0.717) is 5.82 Å². The molecule has 0 saturated carbocycles. The third-order valence-electron chi connectivity index (χ3n) is 2.11. The summed E-state index contributed by atoms with van der Waals surface area (Å²) in [6, 6.07) is 7.63. The number of thiophene rings is 1. The largest absolute Gasteiger partial charge is 0.219 e. The van der Waals surface area contributed by atoms with Crippen molar-refractivity contribution in [1.29, 1.82) is 0 Å². The van der Waals surface area contributed by atoms with Gasteiger partial charge in [0.2, 0.25) is 0 Å². The van der Waals surface area contributed by atoms with E-state index in [9.17, 15) is 0 Å². The van der Waals surface area contributed by atoms with Crippen LogP contribution in [0.1, 0.15) is 0 Å². The highest BCUT2D eigenvalue weighted by atomic mass is 79.9. The normalized spacial score (nSPS) is 11.1. The first-order chi connectivity index (χ1) is 7.74. The highest BCUT2D eigenvalue weighted by Crippen LogP contribution is 2.29. The third-order valence-corrected chi connectivity index (χ3v) is 3.95. The van der Waals surface area contributed by atoms with Gasteiger partial charge in [0.05, 0.1) is 13.7 Å². The fourth-order valence-corrected chi connectivity index (χ4v) is 2.81. The van der Waals surface area contributed by atoms with Crippen LogP contribution >= 0.6 is 38.9 Å². The number of rotatable bonds is 1. The van der Waals surface area contributed by atoms with Gasteiger partial charge in [-0.3, -0.25) is 0 Å². The molecule has 0 radical (unpaired) electrons. The summed E-state index contributed by atoms with van der Waals surface area (Å²) >= 11 is 10.8. The van der Waals surface area contributed by atoms with Gasteiger partial charge in [-0.1, -0.05) is 11.6 Å². The van der Waals surface area contributed by atoms with Crippen molar-refractivity contribution in [2.75, 3.05) is 0 Å². The Kier molecular flexibility index (Phi) is 2.46. The van der Waals surface area contributed by atoms with Gasteiger partial charge in [0.15, 0.2) is 11.5 Å². The Morgan fingerprint density at radius 1 is 1.31 bits per heavy atom. The smallest absolute Gasteiger partial charge is 0.192 e. The number of halogens is 2. The lowest BCUT2D eigenvalue weighted by Crippen LogP contribution is -1.85. The molecule has 0 aromatic carbocycles. The molecular weight excluding hydrogens is 310 g/mol. The van der Waals surface area contributed by atoms with Gasteiger partial charge in [0.1, 0.15) is 0 Å². The van der Waals surface area contributed by atoms with E-state index >= 15 is 0 Å². The number of fused-ring (bicyclic) bond motifs is 1. The molecule has 0 atom stereocenters. The second kappa shape index (κ2) is 3.84. The molecule has 0 saturated heterocycles. The van der Waals surface area contributed by atoms with Gasteiger partial charge < -0.3 is 0 Å². The molecule has 6 heteroatoms. The zero-order valence-corrected chi connectivity index (χ0v) is 11.1. The summed E-state index contributed by atoms with van der Waals surface area (Å²) in [5, 5.41) is 4.38. The van der Waals surface area contributed by atoms with Crippen molar-refractivity contribution in [3.63, 3.8) is 0 Å². The molecular formula is C10H5BrClN3S. The second-order valence-corrected chi connectivity index (χ2v) is 5.73. The van der Waals surface area contributed by atoms with Crippen molar-refractivity contribution in [2.45, 2.75) is 0 Å². The second-order valence-electron chi connectivity index (χ2n) is 3.16. The third kappa shape index (κ3) is 1.65. The van der Waals surface area contributed by atoms with Crippen LogP contribution in [0.3, 0.4) is 0 Å². The summed E-state index contributed by atoms with van der Waals surface area (Å²) in [7, 11) is 0. The maximum atomic E-state index is 5.89. The minimum absolute atomic E-state index is 0.698. The van der Waals surface area contributed by atoms with Crippen molar-refractivity contribution in [3.8, 4) is 10.7 Å². The lowest BCUT2D eigenvalue weighted by molar-refractivity contribution is 0.964. The van der Waals surface area contributed by atoms with Crippen LogP contribution in [0.2, 0.25) is 4.34 Å². The Labute approximate surface area is 109 Å². The van der Waals surface area contributed by atoms with Crippen molar-refractivity contribution in [3.05, 3.63) is 39.3 Å². The number of aromatic nitrogens is 3. The molecule has 0 aliphatic carbocycles. The molecule has 3 aromatic heterocycles. The van der Waals surface area contributed by atoms with E-state index in [1.807, 2.05) is 30.5 Å². The van der Waals surface area contributed by atoms with Crippen molar-refractivity contribution in [2.24, 2.45) is 0 Å². The minimum atomic E-state index is 0.698. The summed E-state index contributed by atoms with van der Waals surface area (Å²) in [6.07, 6.45) is 1.87. The zero-order valence-electron chi connectivity index (χ0n) is 7.89. The van der Waals surface area contributed by atoms with Crippen LogP contribution < -0.4 is 0 Å². The van der Waals surface area contributed by atoms with Gasteiger partial charge in [-0.05, 0) is 40.2 Å². The van der Waals surface area contributed by atoms with Crippen molar-refractivity contribution in [1.82, 2.24) is 14.6 Å². The molecule has 0 spiro atoms. The Hall–Kier alpha value is -0.910. The van der Waals surface area contributed by atoms with Gasteiger partial charge in [0, 0.05) is 6.20 Å². The van der Waals surface area contributed by atoms with E-state index in [1.54, 1.807) is 4.52 Å². The molecule has 0 aliphatic rings. The molecule has 0 aliphatic heterocycles. The Morgan fingerprint density at radius 2 is 2.19 bits per heavy atom. The highest BCUT2D eigenvalue weighted by molar-refractivity contribution is 9.10. The molecule has 80 valence electrons. The Morgan fingerprint density at radius 3 is 2.88 bits per heavy atom. The van der Waals surface area contributed by atoms with Crippen LogP contribution in [0.25, 0.3) is 16.3 Å². The van der Waals surface area contributed by atoms with Crippen LogP contribution in [0, 0.1) is 0 Å². The molecule has 0 fully saturated rings. The summed E-state index contributed by atoms with van der Waals surface area (Å²) in [4.78, 5) is 5.43. The fourth-order valence-electron chi connectivity index (χ4n) is 1.41. The Bertz CT molecular complexity index is 661. The van der Waals surface area contributed by atoms with E-state index in [0.717, 1.165) is 19.3 Å². The van der Waals surface area contributed by atoms with Gasteiger partial charge in [-0.25, -0.2) is 9.50 Å². The Balaban J connectivity index is 2.22. The summed E-state index contributed by atoms with van der Waals surface area (Å²) in [5.74, 6) is 0.698. The molecule has 0 bridgehead atoms. The maximum Gasteiger partial charge on any atom is 0.192 e. The minimum Gasteiger partial charge on any atom is -0.219 e. The molecule has 0 amide bonds. The SMILES string of the molecule is Clc1ccc(-c2nc3c(Br)cccn3n2)s1. The first kappa shape index (κ1) is 10.3. The molecule has 3 rings (SSSR count). The van der Waals surface area contributed by atoms with E-state index in [1.165, 1.54) is 11.3 Å². The van der Waals surface area contributed by atoms with E-state index in [2.05, 4.69) is 26.0 Å². The monoisotopic (exact) mass is 313 g/mol. The first-order valence-electron chi connectivity index (χ1n) is 4.50. The zero-order chi connectivity index (χ0) is 11.1. The maximum absolute atomic E-state index is 5.89. The van der Waals surface area contributed by atoms with Crippen LogP contribution in [-0.2, 0) is 0 Å². The lowest BCUT2D eigenvalue weighted by atomic mass is 10.4. The topological polar surface area (TPSA) is 30.2 Å². The summed E-state index contributed by atoms with van der Waals surface area (Å²) in [5.41, 5.74) is 0.807. The molecule has 0 unspecified atom stereocenters. The number of nitrogens with zero attached hydrogens (tertiary/aromatic N) is 3. The van der Waals surface area contributed by atoms with Gasteiger partial charge in [0.25, 0.3) is 0 Å². The molecule has 3 heterocycles. The van der Waals surface area contributed by atoms with Gasteiger partial charge in [-0.2, -0.15) is 0 Å². The highest BCUT2D eigenvalue weighted by Gasteiger charge is 2.10. The molecule has 0 N–H and O–H groups in total. The summed E-state index contributed by atoms with van der Waals surface area (Å²) in [6.45, 7) is 0. The molecule has 3 aromatic rings. The lowest BCUT2D eigenvalue weighted by Gasteiger charge is -1.90. The van der Waals surface area contributed by atoms with Crippen LogP contribution in [0.15, 0.2) is 34.9 Å². The predicted molar refractivity (Wildman–Crippen MR) is 69.0 cm³/mol. The summed E-state index contributed by atoms with van der Waals surface area (Å²) < 4.78 is 3.41. The standard InChI is InChI=1S/C10H5BrClN3S/c11-6-2-1-5-15-10(6)13-9(14-15)7-3-4-8(12)16-7/h1-5H. The van der Waals surface area contributed by atoms with Gasteiger partial charge in [-0.15, -0.1) is 16.4 Å². The van der Waals surface area contributed by atoms with Crippen molar-refractivity contribution >= 4 is 44.5 Å². The number of hydrogen-bond acceptors (Lipinski definition) is 3.